The maximum absolute atomic E-state index is 11.9. The number of carbonyl (C=O) groups is 2. The van der Waals surface area contributed by atoms with Crippen molar-refractivity contribution < 1.29 is 14.3 Å². The summed E-state index contributed by atoms with van der Waals surface area (Å²) < 4.78 is 5.45. The number of benzene rings is 2. The van der Waals surface area contributed by atoms with Crippen LogP contribution in [0.4, 0.5) is 0 Å². The van der Waals surface area contributed by atoms with Gasteiger partial charge in [0.2, 0.25) is 5.91 Å². The van der Waals surface area contributed by atoms with Crippen LogP contribution in [0.3, 0.4) is 0 Å². The molecule has 3 N–H and O–H groups in total. The maximum atomic E-state index is 11.9. The normalized spacial score (nSPS) is 10.5. The first kappa shape index (κ1) is 17.8. The molecule has 8 heteroatoms. The van der Waals surface area contributed by atoms with E-state index in [0.29, 0.717) is 17.3 Å². The number of aromatic nitrogens is 2. The largest absolute Gasteiger partial charge is 0.494 e. The molecule has 26 heavy (non-hydrogen) atoms. The number of H-pyrrole nitrogens is 1. The van der Waals surface area contributed by atoms with E-state index in [9.17, 15) is 9.59 Å². The lowest BCUT2D eigenvalue weighted by Gasteiger charge is -2.06. The molecule has 1 heterocycles. The molecule has 0 aliphatic heterocycles. The standard InChI is InChI=1S/C18H18N4O3S/c1-2-25-13-8-9-14-15(10-13)20-18(19-14)26-11-16(23)21-22-17(24)12-6-4-3-5-7-12/h3-10H,2,11H2,1H3,(H,19,20)(H,21,23)(H,22,24). The zero-order valence-corrected chi connectivity index (χ0v) is 14.9. The summed E-state index contributed by atoms with van der Waals surface area (Å²) in [6.45, 7) is 2.52. The van der Waals surface area contributed by atoms with E-state index in [1.54, 1.807) is 24.3 Å². The Balaban J connectivity index is 1.51. The first-order chi connectivity index (χ1) is 12.7. The van der Waals surface area contributed by atoms with Crippen LogP contribution >= 0.6 is 11.8 Å². The van der Waals surface area contributed by atoms with Crippen LogP contribution in [-0.2, 0) is 4.79 Å². The van der Waals surface area contributed by atoms with Gasteiger partial charge in [0.1, 0.15) is 5.75 Å². The van der Waals surface area contributed by atoms with Crippen LogP contribution in [-0.4, -0.2) is 34.1 Å². The summed E-state index contributed by atoms with van der Waals surface area (Å²) >= 11 is 1.25. The van der Waals surface area contributed by atoms with Crippen molar-refractivity contribution in [2.45, 2.75) is 12.1 Å². The molecular formula is C18H18N4O3S. The minimum absolute atomic E-state index is 0.118. The number of imidazole rings is 1. The average Bonchev–Trinajstić information content (AvgIpc) is 3.07. The van der Waals surface area contributed by atoms with E-state index in [4.69, 9.17) is 4.74 Å². The van der Waals surface area contributed by atoms with E-state index >= 15 is 0 Å². The number of thioether (sulfide) groups is 1. The van der Waals surface area contributed by atoms with Crippen LogP contribution in [0.25, 0.3) is 11.0 Å². The van der Waals surface area contributed by atoms with Crippen molar-refractivity contribution >= 4 is 34.6 Å². The van der Waals surface area contributed by atoms with Crippen molar-refractivity contribution in [3.63, 3.8) is 0 Å². The van der Waals surface area contributed by atoms with Gasteiger partial charge in [-0.2, -0.15) is 0 Å². The van der Waals surface area contributed by atoms with Crippen molar-refractivity contribution in [1.29, 1.82) is 0 Å². The molecule has 2 amide bonds. The minimum Gasteiger partial charge on any atom is -0.494 e. The van der Waals surface area contributed by atoms with Gasteiger partial charge in [-0.3, -0.25) is 20.4 Å². The highest BCUT2D eigenvalue weighted by Crippen LogP contribution is 2.23. The van der Waals surface area contributed by atoms with Gasteiger partial charge in [0.15, 0.2) is 5.16 Å². The molecule has 1 aromatic heterocycles. The minimum atomic E-state index is -0.365. The van der Waals surface area contributed by atoms with Crippen molar-refractivity contribution in [1.82, 2.24) is 20.8 Å². The summed E-state index contributed by atoms with van der Waals surface area (Å²) in [5.74, 6) is 0.195. The fraction of sp³-hybridized carbons (Fsp3) is 0.167. The zero-order chi connectivity index (χ0) is 18.4. The molecule has 0 saturated carbocycles. The molecule has 0 spiro atoms. The second-order valence-electron chi connectivity index (χ2n) is 5.31. The Morgan fingerprint density at radius 2 is 1.96 bits per heavy atom. The van der Waals surface area contributed by atoms with Gasteiger partial charge in [-0.1, -0.05) is 30.0 Å². The van der Waals surface area contributed by atoms with Crippen LogP contribution in [0.5, 0.6) is 5.75 Å². The fourth-order valence-corrected chi connectivity index (χ4v) is 2.93. The molecule has 134 valence electrons. The number of carbonyl (C=O) groups excluding carboxylic acids is 2. The lowest BCUT2D eigenvalue weighted by atomic mass is 10.2. The molecule has 0 fully saturated rings. The van der Waals surface area contributed by atoms with Crippen molar-refractivity contribution in [2.24, 2.45) is 0 Å². The lowest BCUT2D eigenvalue weighted by Crippen LogP contribution is -2.42. The molecule has 0 bridgehead atoms. The van der Waals surface area contributed by atoms with Gasteiger partial charge in [-0.25, -0.2) is 4.98 Å². The summed E-state index contributed by atoms with van der Waals surface area (Å²) in [4.78, 5) is 31.3. The second kappa shape index (κ2) is 8.39. The molecule has 2 aromatic carbocycles. The summed E-state index contributed by atoms with van der Waals surface area (Å²) in [5, 5.41) is 0.623. The molecule has 3 aromatic rings. The number of hydrogen-bond acceptors (Lipinski definition) is 5. The maximum Gasteiger partial charge on any atom is 0.269 e. The highest BCUT2D eigenvalue weighted by molar-refractivity contribution is 7.99. The van der Waals surface area contributed by atoms with E-state index in [-0.39, 0.29) is 17.6 Å². The lowest BCUT2D eigenvalue weighted by molar-refractivity contribution is -0.119. The van der Waals surface area contributed by atoms with Crippen molar-refractivity contribution in [3.8, 4) is 5.75 Å². The van der Waals surface area contributed by atoms with Crippen LogP contribution in [0.1, 0.15) is 17.3 Å². The Hall–Kier alpha value is -3.00. The summed E-state index contributed by atoms with van der Waals surface area (Å²) in [6, 6.07) is 14.2. The molecule has 3 rings (SSSR count). The van der Waals surface area contributed by atoms with Crippen LogP contribution in [0.15, 0.2) is 53.7 Å². The monoisotopic (exact) mass is 370 g/mol. The van der Waals surface area contributed by atoms with E-state index in [2.05, 4.69) is 20.8 Å². The molecule has 0 saturated heterocycles. The number of ether oxygens (including phenoxy) is 1. The molecule has 0 aliphatic carbocycles. The Kier molecular flexibility index (Phi) is 5.75. The van der Waals surface area contributed by atoms with Crippen LogP contribution in [0.2, 0.25) is 0 Å². The van der Waals surface area contributed by atoms with Crippen molar-refractivity contribution in [2.75, 3.05) is 12.4 Å². The molecule has 7 nitrogen and oxygen atoms in total. The van der Waals surface area contributed by atoms with Crippen molar-refractivity contribution in [3.05, 3.63) is 54.1 Å². The third kappa shape index (κ3) is 4.54. The second-order valence-corrected chi connectivity index (χ2v) is 6.27. The number of hydrogen-bond donors (Lipinski definition) is 3. The topological polar surface area (TPSA) is 96.1 Å². The Labute approximate surface area is 154 Å². The van der Waals surface area contributed by atoms with Gasteiger partial charge in [-0.15, -0.1) is 0 Å². The van der Waals surface area contributed by atoms with Crippen LogP contribution < -0.4 is 15.6 Å². The SMILES string of the molecule is CCOc1ccc2nc(SCC(=O)NNC(=O)c3ccccc3)[nH]c2c1. The number of amides is 2. The Morgan fingerprint density at radius 3 is 2.73 bits per heavy atom. The average molecular weight is 370 g/mol. The first-order valence-corrected chi connectivity index (χ1v) is 9.04. The van der Waals surface area contributed by atoms with Gasteiger partial charge >= 0.3 is 0 Å². The quantitative estimate of drug-likeness (QED) is 0.458. The van der Waals surface area contributed by atoms with E-state index in [1.807, 2.05) is 31.2 Å². The van der Waals surface area contributed by atoms with Crippen LogP contribution in [0, 0.1) is 0 Å². The highest BCUT2D eigenvalue weighted by atomic mass is 32.2. The number of nitrogens with one attached hydrogen (secondary N) is 3. The molecule has 0 atom stereocenters. The first-order valence-electron chi connectivity index (χ1n) is 8.05. The fourth-order valence-electron chi connectivity index (χ4n) is 2.25. The molecular weight excluding hydrogens is 352 g/mol. The molecule has 0 unspecified atom stereocenters. The van der Waals surface area contributed by atoms with Gasteiger partial charge in [0.25, 0.3) is 5.91 Å². The van der Waals surface area contributed by atoms with E-state index < -0.39 is 0 Å². The van der Waals surface area contributed by atoms with Gasteiger partial charge in [0.05, 0.1) is 23.4 Å². The van der Waals surface area contributed by atoms with E-state index in [0.717, 1.165) is 16.8 Å². The highest BCUT2D eigenvalue weighted by Gasteiger charge is 2.10. The number of fused-ring (bicyclic) bond motifs is 1. The third-order valence-corrected chi connectivity index (χ3v) is 4.31. The van der Waals surface area contributed by atoms with Gasteiger partial charge in [-0.05, 0) is 31.2 Å². The van der Waals surface area contributed by atoms with E-state index in [1.165, 1.54) is 11.8 Å². The summed E-state index contributed by atoms with van der Waals surface area (Å²) in [7, 11) is 0. The Bertz CT molecular complexity index is 911. The zero-order valence-electron chi connectivity index (χ0n) is 14.1. The summed E-state index contributed by atoms with van der Waals surface area (Å²) in [5.41, 5.74) is 6.89. The van der Waals surface area contributed by atoms with Gasteiger partial charge < -0.3 is 9.72 Å². The smallest absolute Gasteiger partial charge is 0.269 e. The Morgan fingerprint density at radius 1 is 1.15 bits per heavy atom. The molecule has 0 aliphatic rings. The number of rotatable bonds is 6. The number of nitrogens with zero attached hydrogens (tertiary/aromatic N) is 1. The van der Waals surface area contributed by atoms with Gasteiger partial charge in [0, 0.05) is 11.6 Å². The predicted molar refractivity (Wildman–Crippen MR) is 100 cm³/mol. The molecule has 0 radical (unpaired) electrons. The third-order valence-electron chi connectivity index (χ3n) is 3.43. The summed E-state index contributed by atoms with van der Waals surface area (Å²) in [6.07, 6.45) is 0. The number of hydrazine groups is 1. The number of aromatic amines is 1. The predicted octanol–water partition coefficient (Wildman–Crippen LogP) is 2.51.